The van der Waals surface area contributed by atoms with Gasteiger partial charge in [0.05, 0.1) is 16.3 Å². The van der Waals surface area contributed by atoms with Crippen LogP contribution in [0.2, 0.25) is 5.02 Å². The van der Waals surface area contributed by atoms with Crippen molar-refractivity contribution in [2.75, 3.05) is 0 Å². The van der Waals surface area contributed by atoms with E-state index in [2.05, 4.69) is 12.1 Å². The molecule has 1 aliphatic carbocycles. The van der Waals surface area contributed by atoms with E-state index < -0.39 is 0 Å². The molecular formula is C32H22ClFN2O2S. The number of rotatable bonds is 3. The molecule has 0 bridgehead atoms. The SMILES string of the molecule is Cc1ccc(Cl)cc1-c1ccc(/C=c2/sc3n(c2=O)[C@@H](c2ccc(F)cc2)C2=C(N=3)c3ccccc3CC2)o1. The summed E-state index contributed by atoms with van der Waals surface area (Å²) in [6.45, 7) is 2.00. The fraction of sp³-hybridized carbons (Fsp3) is 0.125. The van der Waals surface area contributed by atoms with Crippen molar-refractivity contribution in [3.8, 4) is 11.3 Å². The van der Waals surface area contributed by atoms with Crippen molar-refractivity contribution in [1.29, 1.82) is 0 Å². The predicted molar refractivity (Wildman–Crippen MR) is 153 cm³/mol. The fourth-order valence-electron chi connectivity index (χ4n) is 5.53. The van der Waals surface area contributed by atoms with Gasteiger partial charge in [-0.15, -0.1) is 0 Å². The summed E-state index contributed by atoms with van der Waals surface area (Å²) in [5.41, 5.74) is 7.01. The first-order valence-corrected chi connectivity index (χ1v) is 13.9. The van der Waals surface area contributed by atoms with Crippen LogP contribution in [0, 0.1) is 12.7 Å². The molecule has 0 saturated heterocycles. The first kappa shape index (κ1) is 24.1. The van der Waals surface area contributed by atoms with E-state index >= 15 is 0 Å². The minimum atomic E-state index is -0.353. The molecular weight excluding hydrogens is 531 g/mol. The Morgan fingerprint density at radius 3 is 2.69 bits per heavy atom. The minimum Gasteiger partial charge on any atom is -0.457 e. The Kier molecular flexibility index (Phi) is 5.76. The third-order valence-electron chi connectivity index (χ3n) is 7.42. The van der Waals surface area contributed by atoms with Crippen molar-refractivity contribution >= 4 is 34.7 Å². The number of aromatic nitrogens is 1. The molecule has 7 heteroatoms. The zero-order valence-corrected chi connectivity index (χ0v) is 22.5. The number of allylic oxidation sites excluding steroid dienone is 1. The van der Waals surface area contributed by atoms with Gasteiger partial charge < -0.3 is 4.42 Å². The molecule has 0 fully saturated rings. The topological polar surface area (TPSA) is 47.5 Å². The highest BCUT2D eigenvalue weighted by molar-refractivity contribution is 7.07. The number of halogens is 2. The molecule has 0 radical (unpaired) electrons. The lowest BCUT2D eigenvalue weighted by Gasteiger charge is -2.30. The molecule has 7 rings (SSSR count). The van der Waals surface area contributed by atoms with Gasteiger partial charge in [-0.1, -0.05) is 65.4 Å². The Bertz CT molecular complexity index is 1980. The van der Waals surface area contributed by atoms with E-state index in [0.717, 1.165) is 46.4 Å². The molecule has 1 aliphatic heterocycles. The number of thiazole rings is 1. The van der Waals surface area contributed by atoms with E-state index in [1.165, 1.54) is 29.0 Å². The molecule has 3 heterocycles. The Morgan fingerprint density at radius 1 is 1.03 bits per heavy atom. The first-order valence-electron chi connectivity index (χ1n) is 12.7. The lowest BCUT2D eigenvalue weighted by Crippen LogP contribution is -2.38. The molecule has 4 nitrogen and oxygen atoms in total. The summed E-state index contributed by atoms with van der Waals surface area (Å²) < 4.78 is 22.3. The van der Waals surface area contributed by atoms with Gasteiger partial charge in [0.25, 0.3) is 5.56 Å². The van der Waals surface area contributed by atoms with Crippen molar-refractivity contribution in [3.05, 3.63) is 143 Å². The van der Waals surface area contributed by atoms with Gasteiger partial charge in [-0.25, -0.2) is 9.38 Å². The summed E-state index contributed by atoms with van der Waals surface area (Å²) in [4.78, 5) is 19.5. The molecule has 0 amide bonds. The zero-order valence-electron chi connectivity index (χ0n) is 20.9. The van der Waals surface area contributed by atoms with E-state index in [4.69, 9.17) is 21.0 Å². The molecule has 2 aromatic heterocycles. The maximum atomic E-state index is 13.9. The van der Waals surface area contributed by atoms with Crippen LogP contribution in [-0.4, -0.2) is 4.57 Å². The molecule has 0 saturated carbocycles. The largest absolute Gasteiger partial charge is 0.457 e. The molecule has 1 atom stereocenters. The van der Waals surface area contributed by atoms with E-state index in [0.29, 0.717) is 25.9 Å². The molecule has 39 heavy (non-hydrogen) atoms. The van der Waals surface area contributed by atoms with Gasteiger partial charge in [-0.05, 0) is 78.4 Å². The number of hydrogen-bond donors (Lipinski definition) is 0. The maximum absolute atomic E-state index is 13.9. The number of aryl methyl sites for hydroxylation is 2. The summed E-state index contributed by atoms with van der Waals surface area (Å²) >= 11 is 7.55. The van der Waals surface area contributed by atoms with E-state index in [9.17, 15) is 9.18 Å². The number of benzene rings is 3. The lowest BCUT2D eigenvalue weighted by molar-refractivity contribution is 0.570. The second kappa shape index (κ2) is 9.33. The van der Waals surface area contributed by atoms with Crippen molar-refractivity contribution in [1.82, 2.24) is 4.57 Å². The zero-order chi connectivity index (χ0) is 26.7. The second-order valence-electron chi connectivity index (χ2n) is 9.83. The first-order chi connectivity index (χ1) is 19.0. The van der Waals surface area contributed by atoms with Crippen LogP contribution in [0.4, 0.5) is 4.39 Å². The molecule has 2 aliphatic rings. The van der Waals surface area contributed by atoms with Crippen LogP contribution >= 0.6 is 22.9 Å². The molecule has 5 aromatic rings. The average Bonchev–Trinajstić information content (AvgIpc) is 3.53. The number of fused-ring (bicyclic) bond motifs is 3. The van der Waals surface area contributed by atoms with E-state index in [1.807, 2.05) is 49.4 Å². The molecule has 0 unspecified atom stereocenters. The number of hydrogen-bond acceptors (Lipinski definition) is 4. The highest BCUT2D eigenvalue weighted by atomic mass is 35.5. The van der Waals surface area contributed by atoms with Crippen molar-refractivity contribution in [2.45, 2.75) is 25.8 Å². The van der Waals surface area contributed by atoms with E-state index in [-0.39, 0.29) is 17.4 Å². The summed E-state index contributed by atoms with van der Waals surface area (Å²) in [5, 5.41) is 0.633. The third kappa shape index (κ3) is 4.11. The molecule has 3 aromatic carbocycles. The monoisotopic (exact) mass is 552 g/mol. The smallest absolute Gasteiger partial charge is 0.271 e. The van der Waals surface area contributed by atoms with Crippen LogP contribution in [0.25, 0.3) is 23.1 Å². The Hall–Kier alpha value is -4.00. The maximum Gasteiger partial charge on any atom is 0.271 e. The summed E-state index contributed by atoms with van der Waals surface area (Å²) in [5.74, 6) is 0.949. The van der Waals surface area contributed by atoms with Crippen molar-refractivity contribution < 1.29 is 8.81 Å². The standard InChI is InChI=1S/C32H22ClFN2O2S/c1-18-6-10-21(33)16-26(18)27-15-13-23(38-27)17-28-31(37)36-30(20-7-11-22(34)12-8-20)25-14-9-19-4-2-3-5-24(19)29(25)35-32(36)39-28/h2-8,10-13,15-17,30H,9,14H2,1H3/b28-17+/t30-/m0/s1. The Labute approximate surface area is 232 Å². The molecule has 0 N–H and O–H groups in total. The van der Waals surface area contributed by atoms with Gasteiger partial charge in [0.2, 0.25) is 0 Å². The highest BCUT2D eigenvalue weighted by Crippen LogP contribution is 2.41. The van der Waals surface area contributed by atoms with Crippen LogP contribution in [0.3, 0.4) is 0 Å². The minimum absolute atomic E-state index is 0.143. The normalized spacial score (nSPS) is 16.5. The summed E-state index contributed by atoms with van der Waals surface area (Å²) in [6.07, 6.45) is 3.42. The lowest BCUT2D eigenvalue weighted by atomic mass is 9.83. The number of nitrogens with zero attached hydrogens (tertiary/aromatic N) is 2. The molecule has 192 valence electrons. The van der Waals surface area contributed by atoms with Crippen LogP contribution < -0.4 is 14.9 Å². The second-order valence-corrected chi connectivity index (χ2v) is 11.3. The van der Waals surface area contributed by atoms with Gasteiger partial charge in [0.1, 0.15) is 17.3 Å². The fourth-order valence-corrected chi connectivity index (χ4v) is 6.68. The van der Waals surface area contributed by atoms with Gasteiger partial charge in [0, 0.05) is 22.2 Å². The van der Waals surface area contributed by atoms with Crippen LogP contribution in [-0.2, 0) is 6.42 Å². The van der Waals surface area contributed by atoms with Crippen LogP contribution in [0.5, 0.6) is 0 Å². The van der Waals surface area contributed by atoms with E-state index in [1.54, 1.807) is 22.8 Å². The Balaban J connectivity index is 1.40. The van der Waals surface area contributed by atoms with Crippen LogP contribution in [0.15, 0.2) is 98.6 Å². The quantitative estimate of drug-likeness (QED) is 0.251. The average molecular weight is 553 g/mol. The summed E-state index contributed by atoms with van der Waals surface area (Å²) in [6, 6.07) is 23.8. The number of furan rings is 1. The summed E-state index contributed by atoms with van der Waals surface area (Å²) in [7, 11) is 0. The van der Waals surface area contributed by atoms with Gasteiger partial charge >= 0.3 is 0 Å². The van der Waals surface area contributed by atoms with Gasteiger partial charge in [-0.3, -0.25) is 9.36 Å². The van der Waals surface area contributed by atoms with Crippen molar-refractivity contribution in [3.63, 3.8) is 0 Å². The van der Waals surface area contributed by atoms with Gasteiger partial charge in [0.15, 0.2) is 4.80 Å². The highest BCUT2D eigenvalue weighted by Gasteiger charge is 2.32. The molecule has 0 spiro atoms. The third-order valence-corrected chi connectivity index (χ3v) is 8.64. The van der Waals surface area contributed by atoms with Crippen molar-refractivity contribution in [2.24, 2.45) is 4.99 Å². The van der Waals surface area contributed by atoms with Crippen LogP contribution in [0.1, 0.15) is 40.5 Å². The van der Waals surface area contributed by atoms with Gasteiger partial charge in [-0.2, -0.15) is 0 Å². The predicted octanol–water partition coefficient (Wildman–Crippen LogP) is 6.68. The Morgan fingerprint density at radius 2 is 1.85 bits per heavy atom.